The summed E-state index contributed by atoms with van der Waals surface area (Å²) in [6.45, 7) is 4.82. The number of ketones is 1. The molecule has 9 heteroatoms. The number of carbonyl (C=O) groups is 2. The number of aromatic nitrogens is 1. The molecule has 6 nitrogen and oxygen atoms in total. The van der Waals surface area contributed by atoms with E-state index in [9.17, 15) is 18.0 Å². The summed E-state index contributed by atoms with van der Waals surface area (Å²) in [5.74, 6) is -0.686. The highest BCUT2D eigenvalue weighted by Gasteiger charge is 2.69. The maximum Gasteiger partial charge on any atom is 0.315 e. The van der Waals surface area contributed by atoms with Crippen molar-refractivity contribution in [2.45, 2.75) is 44.0 Å². The third-order valence-electron chi connectivity index (χ3n) is 5.40. The van der Waals surface area contributed by atoms with Crippen LogP contribution in [0.3, 0.4) is 0 Å². The Morgan fingerprint density at radius 1 is 1.35 bits per heavy atom. The van der Waals surface area contributed by atoms with E-state index < -0.39 is 32.2 Å². The highest BCUT2D eigenvalue weighted by Crippen LogP contribution is 2.64. The number of aryl methyl sites for hydroxylation is 1. The van der Waals surface area contributed by atoms with Gasteiger partial charge in [0, 0.05) is 29.4 Å². The Balaban J connectivity index is 1.71. The highest BCUT2D eigenvalue weighted by molar-refractivity contribution is 7.91. The largest absolute Gasteiger partial charge is 0.457 e. The quantitative estimate of drug-likeness (QED) is 0.414. The van der Waals surface area contributed by atoms with Crippen molar-refractivity contribution in [3.63, 3.8) is 0 Å². The molecule has 1 aliphatic heterocycles. The van der Waals surface area contributed by atoms with Gasteiger partial charge in [-0.3, -0.25) is 9.59 Å². The molecule has 26 heavy (non-hydrogen) atoms. The number of rotatable bonds is 5. The Labute approximate surface area is 162 Å². The van der Waals surface area contributed by atoms with Gasteiger partial charge in [-0.05, 0) is 33.3 Å². The fourth-order valence-corrected chi connectivity index (χ4v) is 5.98. The topological polar surface area (TPSA) is 82.4 Å². The number of hydrogen-bond acceptors (Lipinski definition) is 5. The second kappa shape index (κ2) is 6.24. The Morgan fingerprint density at radius 2 is 1.96 bits per heavy atom. The van der Waals surface area contributed by atoms with Crippen molar-refractivity contribution < 1.29 is 22.7 Å². The predicted molar refractivity (Wildman–Crippen MR) is 98.7 cm³/mol. The summed E-state index contributed by atoms with van der Waals surface area (Å²) in [7, 11) is -3.03. The summed E-state index contributed by atoms with van der Waals surface area (Å²) >= 11 is 11.9. The van der Waals surface area contributed by atoms with E-state index in [4.69, 9.17) is 27.9 Å². The molecule has 2 fully saturated rings. The van der Waals surface area contributed by atoms with Crippen LogP contribution in [0.15, 0.2) is 6.07 Å². The number of esters is 1. The summed E-state index contributed by atoms with van der Waals surface area (Å²) in [5.41, 5.74) is 0.954. The number of carbonyl (C=O) groups excluding carboxylic acids is 2. The first-order chi connectivity index (χ1) is 11.9. The smallest absolute Gasteiger partial charge is 0.315 e. The summed E-state index contributed by atoms with van der Waals surface area (Å²) in [6.07, 6.45) is 0.827. The molecular weight excluding hydrogens is 401 g/mol. The van der Waals surface area contributed by atoms with Crippen LogP contribution in [0.1, 0.15) is 47.6 Å². The van der Waals surface area contributed by atoms with Crippen molar-refractivity contribution >= 4 is 44.8 Å². The average Bonchev–Trinajstić information content (AvgIpc) is 2.80. The molecule has 144 valence electrons. The van der Waals surface area contributed by atoms with Gasteiger partial charge in [0.15, 0.2) is 16.4 Å². The molecule has 0 spiro atoms. The van der Waals surface area contributed by atoms with Gasteiger partial charge in [-0.25, -0.2) is 8.42 Å². The van der Waals surface area contributed by atoms with Crippen LogP contribution in [0.4, 0.5) is 0 Å². The number of nitrogens with zero attached hydrogens (tertiary/aromatic N) is 1. The Morgan fingerprint density at radius 3 is 2.46 bits per heavy atom. The monoisotopic (exact) mass is 421 g/mol. The van der Waals surface area contributed by atoms with Crippen LogP contribution < -0.4 is 0 Å². The molecule has 1 saturated carbocycles. The lowest BCUT2D eigenvalue weighted by molar-refractivity contribution is -0.148. The van der Waals surface area contributed by atoms with Gasteiger partial charge in [-0.15, -0.1) is 23.2 Å². The lowest BCUT2D eigenvalue weighted by Crippen LogP contribution is -2.24. The van der Waals surface area contributed by atoms with Crippen LogP contribution in [0.2, 0.25) is 0 Å². The van der Waals surface area contributed by atoms with Crippen molar-refractivity contribution in [2.75, 3.05) is 18.1 Å². The van der Waals surface area contributed by atoms with Gasteiger partial charge in [-0.2, -0.15) is 0 Å². The molecule has 0 radical (unpaired) electrons. The summed E-state index contributed by atoms with van der Waals surface area (Å²) in [6, 6.07) is 1.55. The first-order valence-electron chi connectivity index (χ1n) is 8.35. The molecule has 0 unspecified atom stereocenters. The van der Waals surface area contributed by atoms with Crippen LogP contribution in [0.25, 0.3) is 0 Å². The van der Waals surface area contributed by atoms with Crippen LogP contribution >= 0.6 is 23.2 Å². The molecule has 2 atom stereocenters. The molecule has 1 saturated heterocycles. The minimum Gasteiger partial charge on any atom is -0.457 e. The molecular formula is C17H21Cl2NO5S. The summed E-state index contributed by atoms with van der Waals surface area (Å²) in [4.78, 5) is 24.6. The van der Waals surface area contributed by atoms with Crippen LogP contribution in [0, 0.1) is 19.3 Å². The molecule has 3 rings (SSSR count). The van der Waals surface area contributed by atoms with Crippen LogP contribution in [-0.4, -0.2) is 47.2 Å². The average molecular weight is 422 g/mol. The van der Waals surface area contributed by atoms with E-state index in [1.807, 2.05) is 11.5 Å². The predicted octanol–water partition coefficient (Wildman–Crippen LogP) is 2.77. The van der Waals surface area contributed by atoms with E-state index in [0.717, 1.165) is 5.69 Å². The fourth-order valence-electron chi connectivity index (χ4n) is 3.59. The first-order valence-corrected chi connectivity index (χ1v) is 10.9. The first kappa shape index (κ1) is 19.7. The van der Waals surface area contributed by atoms with Crippen molar-refractivity contribution in [3.05, 3.63) is 23.0 Å². The van der Waals surface area contributed by atoms with Gasteiger partial charge in [0.1, 0.15) is 9.75 Å². The van der Waals surface area contributed by atoms with E-state index in [-0.39, 0.29) is 23.3 Å². The van der Waals surface area contributed by atoms with Crippen molar-refractivity contribution in [1.82, 2.24) is 4.57 Å². The summed E-state index contributed by atoms with van der Waals surface area (Å²) in [5, 5.41) is 0. The number of alkyl halides is 2. The van der Waals surface area contributed by atoms with E-state index in [1.54, 1.807) is 19.9 Å². The van der Waals surface area contributed by atoms with Crippen molar-refractivity contribution in [2.24, 2.45) is 5.41 Å². The standard InChI is InChI=1S/C17H21Cl2NO5S/c1-10-6-13(11(2)20(10)12-4-5-26(23,24)8-12)14(21)7-25-15(22)16(3)9-17(16,18)19/h6,12H,4-5,7-9H2,1-3H3/t12-,16-/m1/s1. The van der Waals surface area contributed by atoms with E-state index >= 15 is 0 Å². The maximum absolute atomic E-state index is 12.5. The Bertz CT molecular complexity index is 889. The molecule has 0 N–H and O–H groups in total. The van der Waals surface area contributed by atoms with Gasteiger partial charge in [-0.1, -0.05) is 0 Å². The van der Waals surface area contributed by atoms with Gasteiger partial charge >= 0.3 is 5.97 Å². The number of Topliss-reactive ketones (excluding diaryl/α,β-unsaturated/α-hetero) is 1. The zero-order valence-corrected chi connectivity index (χ0v) is 17.2. The number of ether oxygens (including phenoxy) is 1. The second-order valence-electron chi connectivity index (χ2n) is 7.42. The van der Waals surface area contributed by atoms with E-state index in [1.165, 1.54) is 0 Å². The van der Waals surface area contributed by atoms with Gasteiger partial charge in [0.05, 0.1) is 11.5 Å². The Kier molecular flexibility index (Phi) is 4.73. The molecule has 0 amide bonds. The van der Waals surface area contributed by atoms with E-state index in [2.05, 4.69) is 0 Å². The lowest BCUT2D eigenvalue weighted by atomic mass is 10.1. The molecule has 0 bridgehead atoms. The highest BCUT2D eigenvalue weighted by atomic mass is 35.5. The third-order valence-corrected chi connectivity index (χ3v) is 8.25. The maximum atomic E-state index is 12.5. The molecule has 0 aromatic carbocycles. The molecule has 1 aromatic heterocycles. The van der Waals surface area contributed by atoms with Crippen LogP contribution in [0.5, 0.6) is 0 Å². The van der Waals surface area contributed by atoms with Gasteiger partial charge < -0.3 is 9.30 Å². The molecule has 2 aliphatic rings. The molecule has 1 aliphatic carbocycles. The number of hydrogen-bond donors (Lipinski definition) is 0. The third kappa shape index (κ3) is 3.29. The normalized spacial score (nSPS) is 28.7. The lowest BCUT2D eigenvalue weighted by Gasteiger charge is -2.16. The SMILES string of the molecule is Cc1cc(C(=O)COC(=O)[C@@]2(C)CC2(Cl)Cl)c(C)n1[C@@H]1CCS(=O)(=O)C1. The second-order valence-corrected chi connectivity index (χ2v) is 11.1. The minimum atomic E-state index is -3.03. The summed E-state index contributed by atoms with van der Waals surface area (Å²) < 4.78 is 29.4. The number of sulfone groups is 1. The van der Waals surface area contributed by atoms with E-state index in [0.29, 0.717) is 24.1 Å². The zero-order valence-electron chi connectivity index (χ0n) is 14.8. The minimum absolute atomic E-state index is 0.0812. The van der Waals surface area contributed by atoms with Crippen LogP contribution in [-0.2, 0) is 19.4 Å². The van der Waals surface area contributed by atoms with Gasteiger partial charge in [0.2, 0.25) is 5.78 Å². The Hall–Kier alpha value is -1.05. The van der Waals surface area contributed by atoms with Crippen molar-refractivity contribution in [1.29, 1.82) is 0 Å². The molecule has 2 heterocycles. The van der Waals surface area contributed by atoms with Gasteiger partial charge in [0.25, 0.3) is 0 Å². The molecule has 1 aromatic rings. The fraction of sp³-hybridized carbons (Fsp3) is 0.647. The number of halogens is 2. The van der Waals surface area contributed by atoms with Crippen molar-refractivity contribution in [3.8, 4) is 0 Å². The zero-order chi connectivity index (χ0) is 19.5.